The first-order valence-electron chi connectivity index (χ1n) is 6.21. The van der Waals surface area contributed by atoms with E-state index in [1.54, 1.807) is 19.1 Å². The molecule has 1 unspecified atom stereocenters. The number of anilines is 1. The van der Waals surface area contributed by atoms with Gasteiger partial charge in [-0.1, -0.05) is 17.7 Å². The minimum Gasteiger partial charge on any atom is -0.478 e. The van der Waals surface area contributed by atoms with Crippen molar-refractivity contribution in [3.63, 3.8) is 0 Å². The molecule has 0 amide bonds. The zero-order valence-electron chi connectivity index (χ0n) is 11.3. The SMILES string of the molecule is CCOC(=O)C(C/C=C/C(=O)O)Nc1cc(Cl)ccc1I. The summed E-state index contributed by atoms with van der Waals surface area (Å²) in [4.78, 5) is 22.4. The van der Waals surface area contributed by atoms with E-state index in [-0.39, 0.29) is 13.0 Å². The molecule has 21 heavy (non-hydrogen) atoms. The molecular weight excluding hydrogens is 409 g/mol. The Morgan fingerprint density at radius 2 is 2.24 bits per heavy atom. The fourth-order valence-corrected chi connectivity index (χ4v) is 2.22. The van der Waals surface area contributed by atoms with E-state index in [2.05, 4.69) is 27.9 Å². The number of halogens is 2. The van der Waals surface area contributed by atoms with Gasteiger partial charge in [-0.2, -0.15) is 0 Å². The number of esters is 1. The Morgan fingerprint density at radius 3 is 2.86 bits per heavy atom. The summed E-state index contributed by atoms with van der Waals surface area (Å²) in [5.74, 6) is -1.50. The number of nitrogens with one attached hydrogen (secondary N) is 1. The number of rotatable bonds is 7. The fourth-order valence-electron chi connectivity index (χ4n) is 1.56. The molecule has 2 N–H and O–H groups in total. The second kappa shape index (κ2) is 8.89. The van der Waals surface area contributed by atoms with Crippen molar-refractivity contribution in [1.29, 1.82) is 0 Å². The zero-order valence-corrected chi connectivity index (χ0v) is 14.2. The van der Waals surface area contributed by atoms with Gasteiger partial charge < -0.3 is 15.2 Å². The predicted molar refractivity (Wildman–Crippen MR) is 89.6 cm³/mol. The number of carbonyl (C=O) groups excluding carboxylic acids is 1. The highest BCUT2D eigenvalue weighted by molar-refractivity contribution is 14.1. The minimum absolute atomic E-state index is 0.202. The van der Waals surface area contributed by atoms with E-state index in [1.165, 1.54) is 6.08 Å². The molecule has 0 aliphatic rings. The van der Waals surface area contributed by atoms with E-state index in [4.69, 9.17) is 21.4 Å². The molecule has 0 aliphatic carbocycles. The Bertz CT molecular complexity index is 548. The number of carbonyl (C=O) groups is 2. The summed E-state index contributed by atoms with van der Waals surface area (Å²) in [6.45, 7) is 1.97. The van der Waals surface area contributed by atoms with Crippen LogP contribution in [0, 0.1) is 3.57 Å². The van der Waals surface area contributed by atoms with Crippen LogP contribution in [0.3, 0.4) is 0 Å². The van der Waals surface area contributed by atoms with Crippen molar-refractivity contribution < 1.29 is 19.4 Å². The standard InChI is InChI=1S/C14H15ClINO4/c1-2-21-14(20)11(4-3-5-13(18)19)17-12-8-9(15)6-7-10(12)16/h3,5-8,11,17H,2,4H2,1H3,(H,18,19)/b5-3+. The normalized spacial score (nSPS) is 12.1. The number of ether oxygens (including phenoxy) is 1. The highest BCUT2D eigenvalue weighted by Gasteiger charge is 2.19. The molecule has 0 spiro atoms. The van der Waals surface area contributed by atoms with Crippen LogP contribution in [0.2, 0.25) is 5.02 Å². The van der Waals surface area contributed by atoms with Crippen molar-refractivity contribution in [3.05, 3.63) is 38.9 Å². The number of hydrogen-bond donors (Lipinski definition) is 2. The van der Waals surface area contributed by atoms with Gasteiger partial charge in [-0.05, 0) is 54.1 Å². The second-order valence-corrected chi connectivity index (χ2v) is 5.65. The van der Waals surface area contributed by atoms with E-state index in [0.717, 1.165) is 9.65 Å². The smallest absolute Gasteiger partial charge is 0.328 e. The first kappa shape index (κ1) is 17.8. The molecule has 0 saturated heterocycles. The maximum Gasteiger partial charge on any atom is 0.328 e. The molecule has 0 aliphatic heterocycles. The summed E-state index contributed by atoms with van der Waals surface area (Å²) in [7, 11) is 0. The number of benzene rings is 1. The van der Waals surface area contributed by atoms with Crippen LogP contribution in [0.4, 0.5) is 5.69 Å². The van der Waals surface area contributed by atoms with Gasteiger partial charge >= 0.3 is 11.9 Å². The molecule has 1 atom stereocenters. The van der Waals surface area contributed by atoms with Crippen LogP contribution in [0.5, 0.6) is 0 Å². The molecule has 7 heteroatoms. The fraction of sp³-hybridized carbons (Fsp3) is 0.286. The van der Waals surface area contributed by atoms with Crippen molar-refractivity contribution in [1.82, 2.24) is 0 Å². The highest BCUT2D eigenvalue weighted by atomic mass is 127. The largest absolute Gasteiger partial charge is 0.478 e. The average molecular weight is 424 g/mol. The third-order valence-electron chi connectivity index (χ3n) is 2.46. The molecule has 1 rings (SSSR count). The molecule has 0 radical (unpaired) electrons. The Hall–Kier alpha value is -1.28. The second-order valence-electron chi connectivity index (χ2n) is 4.05. The van der Waals surface area contributed by atoms with Crippen LogP contribution < -0.4 is 5.32 Å². The summed E-state index contributed by atoms with van der Waals surface area (Å²) in [5.41, 5.74) is 0.699. The summed E-state index contributed by atoms with van der Waals surface area (Å²) < 4.78 is 5.88. The minimum atomic E-state index is -1.06. The number of carboxylic acid groups (broad SMARTS) is 1. The van der Waals surface area contributed by atoms with Crippen molar-refractivity contribution >= 4 is 51.8 Å². The number of hydrogen-bond acceptors (Lipinski definition) is 4. The summed E-state index contributed by atoms with van der Waals surface area (Å²) in [6.07, 6.45) is 2.61. The van der Waals surface area contributed by atoms with Crippen molar-refractivity contribution in [3.8, 4) is 0 Å². The van der Waals surface area contributed by atoms with E-state index in [1.807, 2.05) is 6.07 Å². The van der Waals surface area contributed by atoms with Crippen LogP contribution >= 0.6 is 34.2 Å². The first-order chi connectivity index (χ1) is 9.93. The average Bonchev–Trinajstić information content (AvgIpc) is 2.41. The van der Waals surface area contributed by atoms with Gasteiger partial charge in [0.25, 0.3) is 0 Å². The molecular formula is C14H15ClINO4. The van der Waals surface area contributed by atoms with Gasteiger partial charge in [-0.15, -0.1) is 0 Å². The van der Waals surface area contributed by atoms with Crippen LogP contribution in [-0.4, -0.2) is 29.7 Å². The highest BCUT2D eigenvalue weighted by Crippen LogP contribution is 2.24. The number of aliphatic carboxylic acids is 1. The van der Waals surface area contributed by atoms with E-state index in [9.17, 15) is 9.59 Å². The Balaban J connectivity index is 2.87. The summed E-state index contributed by atoms with van der Waals surface area (Å²) in [6, 6.07) is 4.60. The molecule has 0 heterocycles. The van der Waals surface area contributed by atoms with Crippen LogP contribution in [0.15, 0.2) is 30.4 Å². The van der Waals surface area contributed by atoms with Crippen molar-refractivity contribution in [2.24, 2.45) is 0 Å². The maximum absolute atomic E-state index is 11.9. The monoisotopic (exact) mass is 423 g/mol. The lowest BCUT2D eigenvalue weighted by atomic mass is 10.1. The van der Waals surface area contributed by atoms with Gasteiger partial charge in [-0.25, -0.2) is 9.59 Å². The number of carboxylic acids is 1. The van der Waals surface area contributed by atoms with E-state index >= 15 is 0 Å². The topological polar surface area (TPSA) is 75.6 Å². The third kappa shape index (κ3) is 6.34. The quantitative estimate of drug-likeness (QED) is 0.400. The van der Waals surface area contributed by atoms with E-state index in [0.29, 0.717) is 10.7 Å². The predicted octanol–water partition coefficient (Wildman–Crippen LogP) is 3.32. The Kier molecular flexibility index (Phi) is 7.52. The Labute approximate surface area is 141 Å². The van der Waals surface area contributed by atoms with Crippen LogP contribution in [0.1, 0.15) is 13.3 Å². The van der Waals surface area contributed by atoms with Crippen LogP contribution in [0.25, 0.3) is 0 Å². The molecule has 5 nitrogen and oxygen atoms in total. The first-order valence-corrected chi connectivity index (χ1v) is 7.67. The van der Waals surface area contributed by atoms with Crippen molar-refractivity contribution in [2.75, 3.05) is 11.9 Å². The summed E-state index contributed by atoms with van der Waals surface area (Å²) in [5, 5.41) is 12.2. The molecule has 0 bridgehead atoms. The molecule has 0 fully saturated rings. The van der Waals surface area contributed by atoms with Gasteiger partial charge in [0.1, 0.15) is 6.04 Å². The van der Waals surface area contributed by atoms with Gasteiger partial charge in [0.2, 0.25) is 0 Å². The third-order valence-corrected chi connectivity index (χ3v) is 3.64. The zero-order chi connectivity index (χ0) is 15.8. The van der Waals surface area contributed by atoms with E-state index < -0.39 is 18.0 Å². The lowest BCUT2D eigenvalue weighted by Gasteiger charge is -2.18. The molecule has 0 aromatic heterocycles. The van der Waals surface area contributed by atoms with Crippen molar-refractivity contribution in [2.45, 2.75) is 19.4 Å². The molecule has 0 saturated carbocycles. The molecule has 1 aromatic rings. The van der Waals surface area contributed by atoms with Gasteiger partial charge in [0.15, 0.2) is 0 Å². The van der Waals surface area contributed by atoms with Gasteiger partial charge in [0.05, 0.1) is 6.61 Å². The maximum atomic E-state index is 11.9. The summed E-state index contributed by atoms with van der Waals surface area (Å²) >= 11 is 8.05. The molecule has 1 aromatic carbocycles. The van der Waals surface area contributed by atoms with Gasteiger partial charge in [0, 0.05) is 20.4 Å². The molecule has 114 valence electrons. The lowest BCUT2D eigenvalue weighted by molar-refractivity contribution is -0.144. The van der Waals surface area contributed by atoms with Crippen LogP contribution in [-0.2, 0) is 14.3 Å². The van der Waals surface area contributed by atoms with Gasteiger partial charge in [-0.3, -0.25) is 0 Å². The lowest BCUT2D eigenvalue weighted by Crippen LogP contribution is -2.31. The Morgan fingerprint density at radius 1 is 1.52 bits per heavy atom.